The first-order valence-corrected chi connectivity index (χ1v) is 6.26. The van der Waals surface area contributed by atoms with Crippen molar-refractivity contribution in [2.24, 2.45) is 5.92 Å². The maximum absolute atomic E-state index is 5.33. The van der Waals surface area contributed by atoms with Gasteiger partial charge in [-0.1, -0.05) is 5.92 Å². The van der Waals surface area contributed by atoms with Crippen LogP contribution in [0.1, 0.15) is 25.7 Å². The van der Waals surface area contributed by atoms with E-state index in [0.717, 1.165) is 12.5 Å². The van der Waals surface area contributed by atoms with Crippen molar-refractivity contribution >= 4 is 0 Å². The van der Waals surface area contributed by atoms with Gasteiger partial charge in [0.05, 0.1) is 6.54 Å². The fraction of sp³-hybridized carbons (Fsp3) is 0.846. The predicted octanol–water partition coefficient (Wildman–Crippen LogP) is 1.43. The maximum Gasteiger partial charge on any atom is 0.0598 e. The van der Waals surface area contributed by atoms with Crippen molar-refractivity contribution < 1.29 is 0 Å². The summed E-state index contributed by atoms with van der Waals surface area (Å²) in [4.78, 5) is 5.04. The first-order chi connectivity index (χ1) is 7.38. The number of hydrogen-bond donors (Lipinski definition) is 0. The fourth-order valence-corrected chi connectivity index (χ4v) is 2.79. The third kappa shape index (κ3) is 3.22. The van der Waals surface area contributed by atoms with Gasteiger partial charge in [0.1, 0.15) is 0 Å². The molecule has 2 fully saturated rings. The van der Waals surface area contributed by atoms with Crippen molar-refractivity contribution in [3.8, 4) is 12.3 Å². The topological polar surface area (TPSA) is 6.48 Å². The molecule has 0 unspecified atom stereocenters. The van der Waals surface area contributed by atoms with Gasteiger partial charge in [-0.05, 0) is 57.8 Å². The van der Waals surface area contributed by atoms with Gasteiger partial charge in [0.2, 0.25) is 0 Å². The SMILES string of the molecule is C#CCN1CCC(CN2CCCC2)CC1. The Balaban J connectivity index is 1.67. The molecule has 0 N–H and O–H groups in total. The highest BCUT2D eigenvalue weighted by atomic mass is 15.2. The summed E-state index contributed by atoms with van der Waals surface area (Å²) in [6, 6.07) is 0. The van der Waals surface area contributed by atoms with Gasteiger partial charge >= 0.3 is 0 Å². The highest BCUT2D eigenvalue weighted by molar-refractivity contribution is 4.89. The van der Waals surface area contributed by atoms with Gasteiger partial charge in [0.15, 0.2) is 0 Å². The van der Waals surface area contributed by atoms with Crippen molar-refractivity contribution in [3.05, 3.63) is 0 Å². The minimum absolute atomic E-state index is 0.844. The quantitative estimate of drug-likeness (QED) is 0.645. The third-order valence-electron chi connectivity index (χ3n) is 3.74. The van der Waals surface area contributed by atoms with Crippen molar-refractivity contribution in [2.45, 2.75) is 25.7 Å². The van der Waals surface area contributed by atoms with Gasteiger partial charge in [-0.15, -0.1) is 6.42 Å². The van der Waals surface area contributed by atoms with Gasteiger partial charge in [-0.3, -0.25) is 4.90 Å². The number of likely N-dealkylation sites (tertiary alicyclic amines) is 2. The van der Waals surface area contributed by atoms with Crippen LogP contribution >= 0.6 is 0 Å². The Bertz CT molecular complexity index is 217. The molecule has 0 aromatic carbocycles. The first kappa shape index (κ1) is 11.0. The largest absolute Gasteiger partial charge is 0.303 e. The molecule has 2 heterocycles. The van der Waals surface area contributed by atoms with Crippen LogP contribution < -0.4 is 0 Å². The molecule has 0 aromatic rings. The Hall–Kier alpha value is -0.520. The van der Waals surface area contributed by atoms with Gasteiger partial charge in [0.25, 0.3) is 0 Å². The summed E-state index contributed by atoms with van der Waals surface area (Å²) >= 11 is 0. The van der Waals surface area contributed by atoms with E-state index < -0.39 is 0 Å². The lowest BCUT2D eigenvalue weighted by molar-refractivity contribution is 0.166. The van der Waals surface area contributed by atoms with Crippen LogP contribution in [0, 0.1) is 18.3 Å². The minimum Gasteiger partial charge on any atom is -0.303 e. The van der Waals surface area contributed by atoms with E-state index in [1.165, 1.54) is 58.4 Å². The van der Waals surface area contributed by atoms with E-state index in [-0.39, 0.29) is 0 Å². The second-order valence-electron chi connectivity index (χ2n) is 4.93. The molecule has 2 heteroatoms. The number of nitrogens with zero attached hydrogens (tertiary/aromatic N) is 2. The highest BCUT2D eigenvalue weighted by Gasteiger charge is 2.22. The zero-order valence-electron chi connectivity index (χ0n) is 9.62. The molecule has 0 bridgehead atoms. The van der Waals surface area contributed by atoms with Crippen molar-refractivity contribution in [3.63, 3.8) is 0 Å². The molecule has 0 amide bonds. The summed E-state index contributed by atoms with van der Waals surface area (Å²) in [6.45, 7) is 7.28. The standard InChI is InChI=1S/C13H22N2/c1-2-7-14-10-5-13(6-11-14)12-15-8-3-4-9-15/h1,13H,3-12H2. The number of hydrogen-bond acceptors (Lipinski definition) is 2. The lowest BCUT2D eigenvalue weighted by Crippen LogP contribution is -2.38. The molecule has 0 atom stereocenters. The average molecular weight is 206 g/mol. The number of rotatable bonds is 3. The first-order valence-electron chi connectivity index (χ1n) is 6.26. The monoisotopic (exact) mass is 206 g/mol. The summed E-state index contributed by atoms with van der Waals surface area (Å²) in [7, 11) is 0. The van der Waals surface area contributed by atoms with Crippen LogP contribution in [0.3, 0.4) is 0 Å². The second kappa shape index (κ2) is 5.53. The predicted molar refractivity (Wildman–Crippen MR) is 63.7 cm³/mol. The molecule has 2 aliphatic heterocycles. The van der Waals surface area contributed by atoms with E-state index >= 15 is 0 Å². The fourth-order valence-electron chi connectivity index (χ4n) is 2.79. The molecule has 0 radical (unpaired) electrons. The van der Waals surface area contributed by atoms with Crippen LogP contribution in [0.25, 0.3) is 0 Å². The van der Waals surface area contributed by atoms with E-state index in [4.69, 9.17) is 6.42 Å². The van der Waals surface area contributed by atoms with Crippen LogP contribution in [0.2, 0.25) is 0 Å². The van der Waals surface area contributed by atoms with Crippen LogP contribution in [0.5, 0.6) is 0 Å². The van der Waals surface area contributed by atoms with Crippen LogP contribution in [-0.4, -0.2) is 49.1 Å². The molecule has 2 nitrogen and oxygen atoms in total. The summed E-state index contributed by atoms with van der Waals surface area (Å²) in [5.41, 5.74) is 0. The normalized spacial score (nSPS) is 25.5. The highest BCUT2D eigenvalue weighted by Crippen LogP contribution is 2.20. The van der Waals surface area contributed by atoms with E-state index in [0.29, 0.717) is 0 Å². The smallest absolute Gasteiger partial charge is 0.0598 e. The molecule has 2 aliphatic rings. The molecule has 0 spiro atoms. The van der Waals surface area contributed by atoms with Gasteiger partial charge in [0, 0.05) is 6.54 Å². The van der Waals surface area contributed by atoms with E-state index in [9.17, 15) is 0 Å². The molecule has 0 aromatic heterocycles. The Labute approximate surface area is 93.6 Å². The third-order valence-corrected chi connectivity index (χ3v) is 3.74. The number of piperidine rings is 1. The minimum atomic E-state index is 0.844. The summed E-state index contributed by atoms with van der Waals surface area (Å²) < 4.78 is 0. The van der Waals surface area contributed by atoms with Gasteiger partial charge in [-0.25, -0.2) is 0 Å². The van der Waals surface area contributed by atoms with E-state index in [1.807, 2.05) is 0 Å². The lowest BCUT2D eigenvalue weighted by Gasteiger charge is -2.32. The van der Waals surface area contributed by atoms with E-state index in [1.54, 1.807) is 0 Å². The van der Waals surface area contributed by atoms with Gasteiger partial charge in [-0.2, -0.15) is 0 Å². The molecular weight excluding hydrogens is 184 g/mol. The summed E-state index contributed by atoms with van der Waals surface area (Å²) in [5.74, 6) is 3.67. The van der Waals surface area contributed by atoms with Crippen LogP contribution in [0.15, 0.2) is 0 Å². The Morgan fingerprint density at radius 2 is 1.67 bits per heavy atom. The molecule has 15 heavy (non-hydrogen) atoms. The molecular formula is C13H22N2. The molecule has 2 saturated heterocycles. The van der Waals surface area contributed by atoms with Crippen LogP contribution in [-0.2, 0) is 0 Å². The van der Waals surface area contributed by atoms with E-state index in [2.05, 4.69) is 15.7 Å². The maximum atomic E-state index is 5.33. The average Bonchev–Trinajstić information content (AvgIpc) is 2.74. The van der Waals surface area contributed by atoms with Gasteiger partial charge < -0.3 is 4.90 Å². The lowest BCUT2D eigenvalue weighted by atomic mass is 9.96. The zero-order valence-corrected chi connectivity index (χ0v) is 9.62. The number of terminal acetylenes is 1. The second-order valence-corrected chi connectivity index (χ2v) is 4.93. The molecule has 2 rings (SSSR count). The molecule has 0 aliphatic carbocycles. The Morgan fingerprint density at radius 3 is 2.27 bits per heavy atom. The van der Waals surface area contributed by atoms with Crippen molar-refractivity contribution in [1.82, 2.24) is 9.80 Å². The Kier molecular flexibility index (Phi) is 4.05. The van der Waals surface area contributed by atoms with Crippen LogP contribution in [0.4, 0.5) is 0 Å². The summed E-state index contributed by atoms with van der Waals surface area (Å²) in [6.07, 6.45) is 10.8. The summed E-state index contributed by atoms with van der Waals surface area (Å²) in [5, 5.41) is 0. The molecule has 0 saturated carbocycles. The van der Waals surface area contributed by atoms with Crippen molar-refractivity contribution in [2.75, 3.05) is 39.3 Å². The zero-order chi connectivity index (χ0) is 10.5. The Morgan fingerprint density at radius 1 is 1.00 bits per heavy atom. The van der Waals surface area contributed by atoms with Crippen molar-refractivity contribution in [1.29, 1.82) is 0 Å². The molecule has 84 valence electrons.